The van der Waals surface area contributed by atoms with Gasteiger partial charge in [-0.1, -0.05) is 73.7 Å². The smallest absolute Gasteiger partial charge is 0.296 e. The molecule has 0 N–H and O–H groups in total. The summed E-state index contributed by atoms with van der Waals surface area (Å²) in [6.45, 7) is 6.88. The van der Waals surface area contributed by atoms with Gasteiger partial charge in [0, 0.05) is 23.7 Å². The molecule has 0 aliphatic carbocycles. The fourth-order valence-electron chi connectivity index (χ4n) is 4.63. The largest absolute Gasteiger partial charge is 0.493 e. The van der Waals surface area contributed by atoms with Gasteiger partial charge in [0.05, 0.1) is 16.8 Å². The number of hydrogen-bond acceptors (Lipinski definition) is 7. The molecule has 3 aromatic carbocycles. The second-order valence-corrected chi connectivity index (χ2v) is 11.5. The lowest BCUT2D eigenvalue weighted by atomic mass is 10.0. The normalized spacial score (nSPS) is 12.0. The van der Waals surface area contributed by atoms with Gasteiger partial charge >= 0.3 is 0 Å². The fraction of sp³-hybridized carbons (Fsp3) is 0.182. The molecule has 8 nitrogen and oxygen atoms in total. The highest BCUT2D eigenvalue weighted by Crippen LogP contribution is 2.29. The Hall–Kier alpha value is -4.89. The molecule has 210 valence electrons. The van der Waals surface area contributed by atoms with E-state index in [1.165, 1.54) is 4.52 Å². The van der Waals surface area contributed by atoms with Gasteiger partial charge < -0.3 is 4.74 Å². The summed E-state index contributed by atoms with van der Waals surface area (Å²) >= 11 is 1.14. The SMILES string of the molecule is Cc1cc(-c2nn(-c3ccccc3)cc2/C=c2\sc3nc(=O)c(Cc4ccccc4)nn3c2=O)ccc1OCC(C)C. The van der Waals surface area contributed by atoms with Crippen molar-refractivity contribution in [2.75, 3.05) is 6.61 Å². The average Bonchev–Trinajstić information content (AvgIpc) is 3.54. The van der Waals surface area contributed by atoms with E-state index in [2.05, 4.69) is 23.9 Å². The summed E-state index contributed by atoms with van der Waals surface area (Å²) in [4.78, 5) is 30.7. The number of rotatable bonds is 8. The standard InChI is InChI=1S/C33H29N5O3S/c1-21(2)20-41-28-15-14-24(16-22(28)3)30-25(19-37(36-30)26-12-8-5-9-13-26)18-29-32(40)38-33(42-29)34-31(39)27(35-38)17-23-10-6-4-7-11-23/h4-16,18-19,21H,17,20H2,1-3H3/b29-18-. The van der Waals surface area contributed by atoms with E-state index >= 15 is 0 Å². The third-order valence-electron chi connectivity index (χ3n) is 6.74. The molecule has 0 saturated carbocycles. The van der Waals surface area contributed by atoms with Crippen molar-refractivity contribution in [3.8, 4) is 22.7 Å². The van der Waals surface area contributed by atoms with Crippen molar-refractivity contribution in [2.24, 2.45) is 5.92 Å². The van der Waals surface area contributed by atoms with Crippen LogP contribution in [0.2, 0.25) is 0 Å². The van der Waals surface area contributed by atoms with E-state index in [4.69, 9.17) is 9.84 Å². The molecule has 0 amide bonds. The lowest BCUT2D eigenvalue weighted by molar-refractivity contribution is 0.269. The molecular weight excluding hydrogens is 546 g/mol. The maximum atomic E-state index is 13.5. The minimum atomic E-state index is -0.431. The Morgan fingerprint density at radius 2 is 1.69 bits per heavy atom. The molecule has 0 atom stereocenters. The van der Waals surface area contributed by atoms with Crippen molar-refractivity contribution in [3.05, 3.63) is 133 Å². The van der Waals surface area contributed by atoms with Gasteiger partial charge in [-0.25, -0.2) is 4.68 Å². The highest BCUT2D eigenvalue weighted by Gasteiger charge is 2.16. The van der Waals surface area contributed by atoms with E-state index in [-0.39, 0.29) is 16.2 Å². The molecule has 3 heterocycles. The Morgan fingerprint density at radius 1 is 0.952 bits per heavy atom. The van der Waals surface area contributed by atoms with Gasteiger partial charge in [0.2, 0.25) is 4.96 Å². The van der Waals surface area contributed by atoms with Crippen molar-refractivity contribution in [1.29, 1.82) is 0 Å². The number of para-hydroxylation sites is 1. The summed E-state index contributed by atoms with van der Waals surface area (Å²) in [6.07, 6.45) is 4.00. The molecule has 9 heteroatoms. The molecule has 6 rings (SSSR count). The van der Waals surface area contributed by atoms with Crippen LogP contribution in [-0.2, 0) is 6.42 Å². The lowest BCUT2D eigenvalue weighted by Crippen LogP contribution is -2.28. The number of fused-ring (bicyclic) bond motifs is 1. The first-order valence-corrected chi connectivity index (χ1v) is 14.5. The molecule has 3 aromatic heterocycles. The van der Waals surface area contributed by atoms with Gasteiger partial charge in [-0.3, -0.25) is 9.59 Å². The van der Waals surface area contributed by atoms with E-state index in [1.807, 2.05) is 92.0 Å². The van der Waals surface area contributed by atoms with Crippen molar-refractivity contribution < 1.29 is 4.74 Å². The number of benzene rings is 3. The number of aryl methyl sites for hydroxylation is 1. The highest BCUT2D eigenvalue weighted by atomic mass is 32.1. The molecule has 0 aliphatic rings. The summed E-state index contributed by atoms with van der Waals surface area (Å²) in [5.41, 5.74) is 4.65. The van der Waals surface area contributed by atoms with Crippen molar-refractivity contribution in [3.63, 3.8) is 0 Å². The molecule has 0 aliphatic heterocycles. The van der Waals surface area contributed by atoms with Gasteiger partial charge in [0.25, 0.3) is 11.1 Å². The zero-order valence-electron chi connectivity index (χ0n) is 23.5. The van der Waals surface area contributed by atoms with Gasteiger partial charge in [0.1, 0.15) is 17.1 Å². The molecule has 0 radical (unpaired) electrons. The Morgan fingerprint density at radius 3 is 2.40 bits per heavy atom. The third kappa shape index (κ3) is 5.64. The van der Waals surface area contributed by atoms with Crippen LogP contribution in [-0.4, -0.2) is 31.0 Å². The van der Waals surface area contributed by atoms with Crippen LogP contribution in [0.5, 0.6) is 5.75 Å². The van der Waals surface area contributed by atoms with Crippen LogP contribution in [0.15, 0.2) is 94.6 Å². The number of thiazole rings is 1. The van der Waals surface area contributed by atoms with E-state index in [0.29, 0.717) is 23.5 Å². The topological polar surface area (TPSA) is 91.4 Å². The van der Waals surface area contributed by atoms with Crippen molar-refractivity contribution >= 4 is 22.4 Å². The third-order valence-corrected chi connectivity index (χ3v) is 7.69. The second kappa shape index (κ2) is 11.5. The Kier molecular flexibility index (Phi) is 7.50. The van der Waals surface area contributed by atoms with Crippen molar-refractivity contribution in [2.45, 2.75) is 27.2 Å². The highest BCUT2D eigenvalue weighted by molar-refractivity contribution is 7.15. The van der Waals surface area contributed by atoms with Crippen molar-refractivity contribution in [1.82, 2.24) is 24.4 Å². The monoisotopic (exact) mass is 575 g/mol. The number of nitrogens with zero attached hydrogens (tertiary/aromatic N) is 5. The molecule has 6 aromatic rings. The Balaban J connectivity index is 1.45. The van der Waals surface area contributed by atoms with Gasteiger partial charge in [0.15, 0.2) is 0 Å². The molecule has 0 unspecified atom stereocenters. The van der Waals surface area contributed by atoms with Crippen LogP contribution in [0.4, 0.5) is 0 Å². The summed E-state index contributed by atoms with van der Waals surface area (Å²) < 4.78 is 9.42. The summed E-state index contributed by atoms with van der Waals surface area (Å²) in [6, 6.07) is 25.3. The first-order valence-electron chi connectivity index (χ1n) is 13.7. The van der Waals surface area contributed by atoms with Crippen LogP contribution in [0.25, 0.3) is 28.0 Å². The Labute approximate surface area is 246 Å². The van der Waals surface area contributed by atoms with E-state index in [0.717, 1.165) is 50.7 Å². The van der Waals surface area contributed by atoms with Crippen LogP contribution in [0, 0.1) is 12.8 Å². The predicted octanol–water partition coefficient (Wildman–Crippen LogP) is 4.85. The Bertz CT molecular complexity index is 2050. The molecule has 0 saturated heterocycles. The van der Waals surface area contributed by atoms with E-state index in [1.54, 1.807) is 10.8 Å². The minimum absolute atomic E-state index is 0.230. The van der Waals surface area contributed by atoms with Gasteiger partial charge in [-0.05, 0) is 60.4 Å². The van der Waals surface area contributed by atoms with Crippen LogP contribution < -0.4 is 20.4 Å². The number of ether oxygens (including phenoxy) is 1. The van der Waals surface area contributed by atoms with E-state index in [9.17, 15) is 9.59 Å². The zero-order valence-corrected chi connectivity index (χ0v) is 24.3. The first kappa shape index (κ1) is 27.3. The van der Waals surface area contributed by atoms with Gasteiger partial charge in [-0.15, -0.1) is 0 Å². The zero-order chi connectivity index (χ0) is 29.2. The summed E-state index contributed by atoms with van der Waals surface area (Å²) in [5.74, 6) is 1.25. The molecule has 42 heavy (non-hydrogen) atoms. The number of aromatic nitrogens is 5. The first-order chi connectivity index (χ1) is 20.4. The maximum Gasteiger partial charge on any atom is 0.296 e. The quantitative estimate of drug-likeness (QED) is 0.258. The lowest BCUT2D eigenvalue weighted by Gasteiger charge is -2.12. The van der Waals surface area contributed by atoms with E-state index < -0.39 is 5.56 Å². The molecule has 0 spiro atoms. The fourth-order valence-corrected chi connectivity index (χ4v) is 5.52. The van der Waals surface area contributed by atoms with Crippen LogP contribution >= 0.6 is 11.3 Å². The number of hydrogen-bond donors (Lipinski definition) is 0. The average molecular weight is 576 g/mol. The predicted molar refractivity (Wildman–Crippen MR) is 166 cm³/mol. The molecule has 0 bridgehead atoms. The minimum Gasteiger partial charge on any atom is -0.493 e. The summed E-state index contributed by atoms with van der Waals surface area (Å²) in [7, 11) is 0. The summed E-state index contributed by atoms with van der Waals surface area (Å²) in [5, 5.41) is 9.31. The second-order valence-electron chi connectivity index (χ2n) is 10.5. The van der Waals surface area contributed by atoms with Gasteiger partial charge in [-0.2, -0.15) is 19.7 Å². The molecule has 0 fully saturated rings. The van der Waals surface area contributed by atoms with Crippen LogP contribution in [0.1, 0.15) is 36.2 Å². The maximum absolute atomic E-state index is 13.5. The van der Waals surface area contributed by atoms with Crippen LogP contribution in [0.3, 0.4) is 0 Å². The molecular formula is C33H29N5O3S.